The van der Waals surface area contributed by atoms with Crippen LogP contribution < -0.4 is 29.6 Å². The van der Waals surface area contributed by atoms with Crippen LogP contribution in [0, 0.1) is 0 Å². The topological polar surface area (TPSA) is 63.6 Å². The Morgan fingerprint density at radius 1 is 1.36 bits per heavy atom. The van der Waals surface area contributed by atoms with E-state index in [9.17, 15) is 9.59 Å². The molecule has 4 nitrogen and oxygen atoms in total. The number of aliphatic hydroxyl groups is 1. The van der Waals surface area contributed by atoms with E-state index in [0.717, 1.165) is 19.3 Å². The summed E-state index contributed by atoms with van der Waals surface area (Å²) in [5, 5.41) is 8.71. The molecule has 0 radical (unpaired) electrons. The molecule has 0 amide bonds. The second-order valence-electron chi connectivity index (χ2n) is 2.93. The molecule has 0 saturated carbocycles. The van der Waals surface area contributed by atoms with E-state index >= 15 is 0 Å². The smallest absolute Gasteiger partial charge is 0.391 e. The zero-order valence-electron chi connectivity index (χ0n) is 9.08. The van der Waals surface area contributed by atoms with Crippen LogP contribution in [-0.2, 0) is 14.3 Å². The standard InChI is InChI=1S/C9H16O4.Na/c1-3-4-5-6-8(11)13-9(12)7(2)10;/h7,10H,3-6H2,1-2H3;/q;+1. The van der Waals surface area contributed by atoms with Crippen molar-refractivity contribution in [2.24, 2.45) is 0 Å². The van der Waals surface area contributed by atoms with Gasteiger partial charge in [-0.3, -0.25) is 4.79 Å². The molecule has 0 spiro atoms. The number of rotatable bonds is 5. The fourth-order valence-corrected chi connectivity index (χ4v) is 0.768. The van der Waals surface area contributed by atoms with Gasteiger partial charge in [0.15, 0.2) is 0 Å². The Hall–Kier alpha value is 0.1000. The Kier molecular flexibility index (Phi) is 11.4. The summed E-state index contributed by atoms with van der Waals surface area (Å²) in [6, 6.07) is 0. The first kappa shape index (κ1) is 16.5. The van der Waals surface area contributed by atoms with Crippen molar-refractivity contribution in [2.45, 2.75) is 45.6 Å². The Labute approximate surface area is 106 Å². The van der Waals surface area contributed by atoms with Crippen molar-refractivity contribution in [2.75, 3.05) is 0 Å². The van der Waals surface area contributed by atoms with Gasteiger partial charge in [-0.25, -0.2) is 4.79 Å². The molecule has 0 rings (SSSR count). The van der Waals surface area contributed by atoms with Crippen LogP contribution in [0.15, 0.2) is 0 Å². The number of hydrogen-bond acceptors (Lipinski definition) is 4. The summed E-state index contributed by atoms with van der Waals surface area (Å²) in [6.45, 7) is 3.29. The van der Waals surface area contributed by atoms with Gasteiger partial charge in [0.25, 0.3) is 0 Å². The molecule has 0 saturated heterocycles. The summed E-state index contributed by atoms with van der Waals surface area (Å²) in [4.78, 5) is 21.6. The fraction of sp³-hybridized carbons (Fsp3) is 0.778. The van der Waals surface area contributed by atoms with Gasteiger partial charge in [-0.1, -0.05) is 19.8 Å². The van der Waals surface area contributed by atoms with E-state index in [0.29, 0.717) is 0 Å². The molecule has 1 atom stereocenters. The summed E-state index contributed by atoms with van der Waals surface area (Å²) >= 11 is 0. The zero-order valence-corrected chi connectivity index (χ0v) is 11.1. The summed E-state index contributed by atoms with van der Waals surface area (Å²) < 4.78 is 4.33. The number of ether oxygens (including phenoxy) is 1. The molecule has 1 N–H and O–H groups in total. The maximum Gasteiger partial charge on any atom is 1.00 e. The first-order valence-electron chi connectivity index (χ1n) is 4.50. The van der Waals surface area contributed by atoms with Crippen LogP contribution in [0.3, 0.4) is 0 Å². The van der Waals surface area contributed by atoms with E-state index in [4.69, 9.17) is 5.11 Å². The minimum atomic E-state index is -1.23. The van der Waals surface area contributed by atoms with E-state index in [-0.39, 0.29) is 36.0 Å². The molecule has 0 heterocycles. The van der Waals surface area contributed by atoms with E-state index in [1.807, 2.05) is 6.92 Å². The Bertz CT molecular complexity index is 180. The number of esters is 2. The minimum absolute atomic E-state index is 0. The van der Waals surface area contributed by atoms with Crippen LogP contribution in [-0.4, -0.2) is 23.1 Å². The molecule has 0 aliphatic rings. The van der Waals surface area contributed by atoms with Gasteiger partial charge >= 0.3 is 41.5 Å². The zero-order chi connectivity index (χ0) is 10.3. The summed E-state index contributed by atoms with van der Waals surface area (Å²) in [7, 11) is 0. The molecule has 0 aliphatic carbocycles. The van der Waals surface area contributed by atoms with Gasteiger partial charge in [-0.05, 0) is 13.3 Å². The Morgan fingerprint density at radius 2 is 1.93 bits per heavy atom. The van der Waals surface area contributed by atoms with Gasteiger partial charge in [0.05, 0.1) is 0 Å². The van der Waals surface area contributed by atoms with Crippen LogP contribution in [0.1, 0.15) is 39.5 Å². The molecule has 0 aromatic rings. The van der Waals surface area contributed by atoms with Crippen LogP contribution in [0.2, 0.25) is 0 Å². The molecular formula is C9H16NaO4+. The molecule has 0 aliphatic heterocycles. The fourth-order valence-electron chi connectivity index (χ4n) is 0.768. The van der Waals surface area contributed by atoms with E-state index in [2.05, 4.69) is 4.74 Å². The average Bonchev–Trinajstić information content (AvgIpc) is 2.04. The van der Waals surface area contributed by atoms with Crippen molar-refractivity contribution < 1.29 is 49.0 Å². The van der Waals surface area contributed by atoms with Crippen molar-refractivity contribution in [3.8, 4) is 0 Å². The SMILES string of the molecule is CCCCCC(=O)OC(=O)C(C)O.[Na+]. The summed E-state index contributed by atoms with van der Waals surface area (Å²) in [5.41, 5.74) is 0. The van der Waals surface area contributed by atoms with E-state index in [1.54, 1.807) is 0 Å². The second kappa shape index (κ2) is 9.65. The van der Waals surface area contributed by atoms with Crippen LogP contribution in [0.5, 0.6) is 0 Å². The quantitative estimate of drug-likeness (QED) is 0.248. The normalized spacial score (nSPS) is 11.4. The molecule has 1 unspecified atom stereocenters. The largest absolute Gasteiger partial charge is 1.00 e. The summed E-state index contributed by atoms with van der Waals surface area (Å²) in [5.74, 6) is -1.43. The minimum Gasteiger partial charge on any atom is -0.391 e. The van der Waals surface area contributed by atoms with Crippen LogP contribution >= 0.6 is 0 Å². The number of carbonyl (C=O) groups excluding carboxylic acids is 2. The third-order valence-electron chi connectivity index (χ3n) is 1.54. The molecule has 0 fully saturated rings. The number of carbonyl (C=O) groups is 2. The monoisotopic (exact) mass is 211 g/mol. The van der Waals surface area contributed by atoms with Gasteiger partial charge in [0.1, 0.15) is 6.10 Å². The molecule has 76 valence electrons. The Morgan fingerprint density at radius 3 is 2.36 bits per heavy atom. The van der Waals surface area contributed by atoms with Gasteiger partial charge in [-0.15, -0.1) is 0 Å². The van der Waals surface area contributed by atoms with Gasteiger partial charge < -0.3 is 9.84 Å². The van der Waals surface area contributed by atoms with Crippen molar-refractivity contribution >= 4 is 11.9 Å². The van der Waals surface area contributed by atoms with Crippen molar-refractivity contribution in [3.05, 3.63) is 0 Å². The summed E-state index contributed by atoms with van der Waals surface area (Å²) in [6.07, 6.45) is 1.69. The Balaban J connectivity index is 0. The predicted octanol–water partition coefficient (Wildman–Crippen LogP) is -1.98. The van der Waals surface area contributed by atoms with Gasteiger partial charge in [0, 0.05) is 6.42 Å². The van der Waals surface area contributed by atoms with Crippen molar-refractivity contribution in [1.29, 1.82) is 0 Å². The maximum absolute atomic E-state index is 10.9. The number of hydrogen-bond donors (Lipinski definition) is 1. The third kappa shape index (κ3) is 8.69. The molecule has 0 aromatic carbocycles. The van der Waals surface area contributed by atoms with Crippen LogP contribution in [0.25, 0.3) is 0 Å². The van der Waals surface area contributed by atoms with Gasteiger partial charge in [-0.2, -0.15) is 0 Å². The molecular weight excluding hydrogens is 195 g/mol. The van der Waals surface area contributed by atoms with Gasteiger partial charge in [0.2, 0.25) is 0 Å². The third-order valence-corrected chi connectivity index (χ3v) is 1.54. The molecule has 0 aromatic heterocycles. The number of unbranched alkanes of at least 4 members (excludes halogenated alkanes) is 2. The molecule has 14 heavy (non-hydrogen) atoms. The van der Waals surface area contributed by atoms with Crippen molar-refractivity contribution in [3.63, 3.8) is 0 Å². The van der Waals surface area contributed by atoms with Crippen LogP contribution in [0.4, 0.5) is 0 Å². The molecule has 0 bridgehead atoms. The van der Waals surface area contributed by atoms with E-state index < -0.39 is 18.0 Å². The second-order valence-corrected chi connectivity index (χ2v) is 2.93. The average molecular weight is 211 g/mol. The molecule has 5 heteroatoms. The number of aliphatic hydroxyl groups excluding tert-OH is 1. The first-order chi connectivity index (χ1) is 6.07. The predicted molar refractivity (Wildman–Crippen MR) is 46.9 cm³/mol. The first-order valence-corrected chi connectivity index (χ1v) is 4.50. The van der Waals surface area contributed by atoms with E-state index in [1.165, 1.54) is 6.92 Å². The van der Waals surface area contributed by atoms with Crippen molar-refractivity contribution in [1.82, 2.24) is 0 Å². The maximum atomic E-state index is 10.9.